The fourth-order valence-electron chi connectivity index (χ4n) is 2.46. The summed E-state index contributed by atoms with van der Waals surface area (Å²) >= 11 is 5.82. The second-order valence-corrected chi connectivity index (χ2v) is 5.85. The minimum absolute atomic E-state index is 0.0407. The molecule has 1 aromatic rings. The van der Waals surface area contributed by atoms with Gasteiger partial charge in [0, 0.05) is 19.1 Å². The molecule has 0 spiro atoms. The predicted octanol–water partition coefficient (Wildman–Crippen LogP) is 0.924. The van der Waals surface area contributed by atoms with E-state index in [1.807, 2.05) is 4.90 Å². The van der Waals surface area contributed by atoms with E-state index in [2.05, 4.69) is 5.32 Å². The second-order valence-electron chi connectivity index (χ2n) is 5.45. The molecule has 0 bridgehead atoms. The Morgan fingerprint density at radius 1 is 1.39 bits per heavy atom. The normalized spacial score (nSPS) is 16.1. The highest BCUT2D eigenvalue weighted by atomic mass is 35.5. The molecular formula is C15H19ClFN3O3. The van der Waals surface area contributed by atoms with Crippen molar-refractivity contribution in [2.24, 2.45) is 5.73 Å². The number of halogens is 2. The largest absolute Gasteiger partial charge is 0.482 e. The number of carbonyl (C=O) groups is 2. The van der Waals surface area contributed by atoms with Gasteiger partial charge in [-0.3, -0.25) is 14.5 Å². The van der Waals surface area contributed by atoms with Crippen LogP contribution in [-0.2, 0) is 9.59 Å². The molecule has 2 rings (SSSR count). The number of benzene rings is 1. The van der Waals surface area contributed by atoms with Gasteiger partial charge in [-0.1, -0.05) is 11.6 Å². The molecule has 0 saturated carbocycles. The van der Waals surface area contributed by atoms with Crippen molar-refractivity contribution in [2.45, 2.75) is 18.9 Å². The van der Waals surface area contributed by atoms with Gasteiger partial charge in [0.1, 0.15) is 11.6 Å². The maximum absolute atomic E-state index is 12.9. The number of nitrogens with zero attached hydrogens (tertiary/aromatic N) is 1. The summed E-state index contributed by atoms with van der Waals surface area (Å²) in [5.41, 5.74) is 5.15. The molecule has 23 heavy (non-hydrogen) atoms. The Morgan fingerprint density at radius 3 is 2.70 bits per heavy atom. The Morgan fingerprint density at radius 2 is 2.09 bits per heavy atom. The first-order valence-corrected chi connectivity index (χ1v) is 7.69. The lowest BCUT2D eigenvalue weighted by molar-refractivity contribution is -0.124. The summed E-state index contributed by atoms with van der Waals surface area (Å²) in [7, 11) is 0. The molecular weight excluding hydrogens is 325 g/mol. The molecule has 6 nitrogen and oxygen atoms in total. The molecule has 1 heterocycles. The van der Waals surface area contributed by atoms with Gasteiger partial charge in [-0.25, -0.2) is 4.39 Å². The van der Waals surface area contributed by atoms with Crippen molar-refractivity contribution in [2.75, 3.05) is 26.2 Å². The maximum Gasteiger partial charge on any atom is 0.258 e. The number of amides is 2. The first kappa shape index (κ1) is 17.5. The molecule has 0 atom stereocenters. The minimum atomic E-state index is -0.463. The van der Waals surface area contributed by atoms with E-state index in [1.54, 1.807) is 0 Å². The zero-order valence-electron chi connectivity index (χ0n) is 12.6. The van der Waals surface area contributed by atoms with Crippen LogP contribution in [0.1, 0.15) is 12.8 Å². The Balaban J connectivity index is 1.72. The molecule has 0 aliphatic carbocycles. The number of nitrogens with two attached hydrogens (primary N) is 1. The monoisotopic (exact) mass is 343 g/mol. The highest BCUT2D eigenvalue weighted by molar-refractivity contribution is 6.32. The first-order chi connectivity index (χ1) is 10.9. The van der Waals surface area contributed by atoms with Gasteiger partial charge >= 0.3 is 0 Å². The van der Waals surface area contributed by atoms with E-state index in [0.29, 0.717) is 13.1 Å². The van der Waals surface area contributed by atoms with Crippen molar-refractivity contribution in [1.29, 1.82) is 0 Å². The Labute approximate surface area is 138 Å². The summed E-state index contributed by atoms with van der Waals surface area (Å²) in [6.07, 6.45) is 1.49. The second kappa shape index (κ2) is 8.12. The molecule has 8 heteroatoms. The van der Waals surface area contributed by atoms with Crippen LogP contribution in [0, 0.1) is 5.82 Å². The molecule has 126 valence electrons. The number of hydrogen-bond donors (Lipinski definition) is 2. The van der Waals surface area contributed by atoms with Crippen LogP contribution in [0.3, 0.4) is 0 Å². The van der Waals surface area contributed by atoms with E-state index in [-0.39, 0.29) is 41.8 Å². The van der Waals surface area contributed by atoms with Crippen LogP contribution >= 0.6 is 11.6 Å². The molecule has 3 N–H and O–H groups in total. The smallest absolute Gasteiger partial charge is 0.258 e. The summed E-state index contributed by atoms with van der Waals surface area (Å²) in [5, 5.41) is 2.99. The van der Waals surface area contributed by atoms with Gasteiger partial charge in [0.15, 0.2) is 6.61 Å². The number of carbonyl (C=O) groups excluding carboxylic acids is 2. The summed E-state index contributed by atoms with van der Waals surface area (Å²) in [6.45, 7) is 1.47. The summed E-state index contributed by atoms with van der Waals surface area (Å²) in [4.78, 5) is 24.7. The molecule has 0 aromatic heterocycles. The third-order valence-electron chi connectivity index (χ3n) is 3.58. The number of likely N-dealkylation sites (tertiary alicyclic amines) is 1. The SMILES string of the molecule is NC(=O)CN1CCC(NC(=O)COc2ccc(F)cc2Cl)CC1. The van der Waals surface area contributed by atoms with Gasteiger partial charge in [-0.05, 0) is 31.0 Å². The molecule has 1 aromatic carbocycles. The van der Waals surface area contributed by atoms with E-state index >= 15 is 0 Å². The highest BCUT2D eigenvalue weighted by Gasteiger charge is 2.21. The van der Waals surface area contributed by atoms with Crippen molar-refractivity contribution in [3.8, 4) is 5.75 Å². The standard InChI is InChI=1S/C15H19ClFN3O3/c16-12-7-10(17)1-2-13(12)23-9-15(22)19-11-3-5-20(6-4-11)8-14(18)21/h1-2,7,11H,3-6,8-9H2,(H2,18,21)(H,19,22). The van der Waals surface area contributed by atoms with Gasteiger partial charge in [0.2, 0.25) is 5.91 Å². The molecule has 2 amide bonds. The van der Waals surface area contributed by atoms with E-state index in [1.165, 1.54) is 12.1 Å². The summed E-state index contributed by atoms with van der Waals surface area (Å²) in [5.74, 6) is -0.815. The van der Waals surface area contributed by atoms with Crippen LogP contribution in [0.4, 0.5) is 4.39 Å². The molecule has 1 fully saturated rings. The zero-order chi connectivity index (χ0) is 16.8. The maximum atomic E-state index is 12.9. The first-order valence-electron chi connectivity index (χ1n) is 7.32. The third kappa shape index (κ3) is 5.69. The molecule has 0 unspecified atom stereocenters. The van der Waals surface area contributed by atoms with Crippen molar-refractivity contribution >= 4 is 23.4 Å². The number of ether oxygens (including phenoxy) is 1. The lowest BCUT2D eigenvalue weighted by Gasteiger charge is -2.31. The number of nitrogens with one attached hydrogen (secondary N) is 1. The lowest BCUT2D eigenvalue weighted by Crippen LogP contribution is -2.47. The summed E-state index contributed by atoms with van der Waals surface area (Å²) in [6, 6.07) is 3.77. The zero-order valence-corrected chi connectivity index (χ0v) is 13.3. The molecule has 0 radical (unpaired) electrons. The van der Waals surface area contributed by atoms with Crippen molar-refractivity contribution in [1.82, 2.24) is 10.2 Å². The number of primary amides is 1. The molecule has 1 aliphatic rings. The fourth-order valence-corrected chi connectivity index (χ4v) is 2.68. The Hall–Kier alpha value is -1.86. The van der Waals surface area contributed by atoms with Gasteiger partial charge in [0.05, 0.1) is 11.6 Å². The average Bonchev–Trinajstić information content (AvgIpc) is 2.48. The van der Waals surface area contributed by atoms with Crippen LogP contribution in [0.15, 0.2) is 18.2 Å². The topological polar surface area (TPSA) is 84.7 Å². The third-order valence-corrected chi connectivity index (χ3v) is 3.88. The van der Waals surface area contributed by atoms with Gasteiger partial charge in [0.25, 0.3) is 5.91 Å². The average molecular weight is 344 g/mol. The quantitative estimate of drug-likeness (QED) is 0.804. The van der Waals surface area contributed by atoms with E-state index in [4.69, 9.17) is 22.1 Å². The van der Waals surface area contributed by atoms with Crippen molar-refractivity contribution in [3.63, 3.8) is 0 Å². The van der Waals surface area contributed by atoms with Crippen LogP contribution < -0.4 is 15.8 Å². The van der Waals surface area contributed by atoms with Crippen LogP contribution in [0.25, 0.3) is 0 Å². The van der Waals surface area contributed by atoms with Crippen LogP contribution in [0.5, 0.6) is 5.75 Å². The molecule has 1 aliphatic heterocycles. The van der Waals surface area contributed by atoms with Crippen molar-refractivity contribution in [3.05, 3.63) is 29.0 Å². The summed E-state index contributed by atoms with van der Waals surface area (Å²) < 4.78 is 18.2. The van der Waals surface area contributed by atoms with Gasteiger partial charge < -0.3 is 15.8 Å². The fraction of sp³-hybridized carbons (Fsp3) is 0.467. The highest BCUT2D eigenvalue weighted by Crippen LogP contribution is 2.24. The van der Waals surface area contributed by atoms with E-state index < -0.39 is 5.82 Å². The van der Waals surface area contributed by atoms with Crippen LogP contribution in [0.2, 0.25) is 5.02 Å². The van der Waals surface area contributed by atoms with Crippen molar-refractivity contribution < 1.29 is 18.7 Å². The Bertz CT molecular complexity index is 577. The minimum Gasteiger partial charge on any atom is -0.482 e. The molecule has 1 saturated heterocycles. The predicted molar refractivity (Wildman–Crippen MR) is 83.7 cm³/mol. The van der Waals surface area contributed by atoms with E-state index in [9.17, 15) is 14.0 Å². The number of rotatable bonds is 6. The van der Waals surface area contributed by atoms with Gasteiger partial charge in [-0.15, -0.1) is 0 Å². The number of hydrogen-bond acceptors (Lipinski definition) is 4. The Kier molecular flexibility index (Phi) is 6.18. The van der Waals surface area contributed by atoms with Gasteiger partial charge in [-0.2, -0.15) is 0 Å². The lowest BCUT2D eigenvalue weighted by atomic mass is 10.1. The number of piperidine rings is 1. The van der Waals surface area contributed by atoms with E-state index in [0.717, 1.165) is 18.9 Å². The van der Waals surface area contributed by atoms with Crippen LogP contribution in [-0.4, -0.2) is 49.0 Å².